The maximum Gasteiger partial charge on any atom is 0.490 e. The van der Waals surface area contributed by atoms with Gasteiger partial charge in [0.2, 0.25) is 0 Å². The SMILES string of the molecule is O=C(OC1NCC12CC(O)C2)C(F)(F)F. The van der Waals surface area contributed by atoms with E-state index < -0.39 is 29.9 Å². The monoisotopic (exact) mass is 225 g/mol. The van der Waals surface area contributed by atoms with E-state index in [1.807, 2.05) is 0 Å². The van der Waals surface area contributed by atoms with Gasteiger partial charge in [0.05, 0.1) is 6.10 Å². The minimum absolute atomic E-state index is 0.385. The molecule has 1 heterocycles. The minimum atomic E-state index is -4.96. The van der Waals surface area contributed by atoms with E-state index >= 15 is 0 Å². The number of rotatable bonds is 1. The van der Waals surface area contributed by atoms with E-state index in [-0.39, 0.29) is 0 Å². The molecule has 0 aromatic carbocycles. The van der Waals surface area contributed by atoms with Crippen molar-refractivity contribution in [1.82, 2.24) is 5.32 Å². The lowest BCUT2D eigenvalue weighted by atomic mass is 9.61. The summed E-state index contributed by atoms with van der Waals surface area (Å²) in [4.78, 5) is 10.5. The van der Waals surface area contributed by atoms with Crippen molar-refractivity contribution in [2.24, 2.45) is 5.41 Å². The molecule has 1 aliphatic heterocycles. The van der Waals surface area contributed by atoms with Crippen LogP contribution in [0, 0.1) is 5.41 Å². The van der Waals surface area contributed by atoms with Crippen LogP contribution in [0.5, 0.6) is 0 Å². The van der Waals surface area contributed by atoms with Crippen molar-refractivity contribution >= 4 is 5.97 Å². The number of carbonyl (C=O) groups excluding carboxylic acids is 1. The minimum Gasteiger partial charge on any atom is -0.439 e. The molecule has 4 nitrogen and oxygen atoms in total. The van der Waals surface area contributed by atoms with Crippen molar-refractivity contribution in [2.45, 2.75) is 31.3 Å². The Morgan fingerprint density at radius 2 is 2.07 bits per heavy atom. The van der Waals surface area contributed by atoms with Gasteiger partial charge in [-0.1, -0.05) is 0 Å². The summed E-state index contributed by atoms with van der Waals surface area (Å²) in [7, 11) is 0. The molecule has 15 heavy (non-hydrogen) atoms. The molecule has 1 aliphatic carbocycles. The van der Waals surface area contributed by atoms with E-state index in [4.69, 9.17) is 5.11 Å². The number of hydrogen-bond donors (Lipinski definition) is 2. The zero-order chi connectivity index (χ0) is 11.3. The number of hydrogen-bond acceptors (Lipinski definition) is 4. The second-order valence-electron chi connectivity index (χ2n) is 4.09. The van der Waals surface area contributed by atoms with Crippen molar-refractivity contribution < 1.29 is 27.8 Å². The zero-order valence-electron chi connectivity index (χ0n) is 7.67. The Balaban J connectivity index is 1.89. The van der Waals surface area contributed by atoms with Gasteiger partial charge in [0.25, 0.3) is 0 Å². The summed E-state index contributed by atoms with van der Waals surface area (Å²) < 4.78 is 39.9. The van der Waals surface area contributed by atoms with Crippen LogP contribution in [0.25, 0.3) is 0 Å². The third kappa shape index (κ3) is 1.69. The summed E-state index contributed by atoms with van der Waals surface area (Å²) in [5.74, 6) is -2.18. The lowest BCUT2D eigenvalue weighted by molar-refractivity contribution is -0.237. The molecule has 0 aromatic heterocycles. The molecule has 1 atom stereocenters. The molecule has 0 bridgehead atoms. The van der Waals surface area contributed by atoms with E-state index in [1.165, 1.54) is 0 Å². The van der Waals surface area contributed by atoms with Gasteiger partial charge >= 0.3 is 12.1 Å². The summed E-state index contributed by atoms with van der Waals surface area (Å²) in [6, 6.07) is 0. The van der Waals surface area contributed by atoms with Crippen LogP contribution >= 0.6 is 0 Å². The van der Waals surface area contributed by atoms with E-state index in [0.29, 0.717) is 19.4 Å². The number of carbonyl (C=O) groups is 1. The molecule has 1 spiro atoms. The molecule has 2 rings (SSSR count). The molecule has 1 saturated heterocycles. The van der Waals surface area contributed by atoms with Crippen LogP contribution < -0.4 is 5.32 Å². The number of esters is 1. The third-order valence-corrected chi connectivity index (χ3v) is 2.94. The second kappa shape index (κ2) is 3.08. The highest BCUT2D eigenvalue weighted by Crippen LogP contribution is 2.49. The number of alkyl halides is 3. The Labute approximate surface area is 83.4 Å². The third-order valence-electron chi connectivity index (χ3n) is 2.94. The number of aliphatic hydroxyl groups excluding tert-OH is 1. The van der Waals surface area contributed by atoms with Gasteiger partial charge in [-0.05, 0) is 12.8 Å². The first-order valence-electron chi connectivity index (χ1n) is 4.53. The smallest absolute Gasteiger partial charge is 0.439 e. The summed E-state index contributed by atoms with van der Waals surface area (Å²) in [5.41, 5.74) is -0.472. The summed E-state index contributed by atoms with van der Waals surface area (Å²) in [6.07, 6.45) is -5.58. The van der Waals surface area contributed by atoms with E-state index in [0.717, 1.165) is 0 Å². The molecule has 2 N–H and O–H groups in total. The van der Waals surface area contributed by atoms with Gasteiger partial charge in [-0.2, -0.15) is 13.2 Å². The van der Waals surface area contributed by atoms with E-state index in [1.54, 1.807) is 0 Å². The van der Waals surface area contributed by atoms with Crippen LogP contribution in [0.15, 0.2) is 0 Å². The van der Waals surface area contributed by atoms with Crippen LogP contribution in [-0.2, 0) is 9.53 Å². The standard InChI is InChI=1S/C8H10F3NO3/c9-8(10,11)6(14)15-5-7(3-12-5)1-4(13)2-7/h4-5,12-13H,1-3H2. The van der Waals surface area contributed by atoms with Crippen molar-refractivity contribution in [3.63, 3.8) is 0 Å². The highest BCUT2D eigenvalue weighted by Gasteiger charge is 2.58. The Bertz CT molecular complexity index is 285. The molecule has 86 valence electrons. The largest absolute Gasteiger partial charge is 0.490 e. The van der Waals surface area contributed by atoms with Crippen LogP contribution in [0.3, 0.4) is 0 Å². The predicted molar refractivity (Wildman–Crippen MR) is 41.6 cm³/mol. The molecular weight excluding hydrogens is 215 g/mol. The maximum absolute atomic E-state index is 11.9. The topological polar surface area (TPSA) is 58.6 Å². The molecule has 1 unspecified atom stereocenters. The van der Waals surface area contributed by atoms with Crippen LogP contribution in [0.2, 0.25) is 0 Å². The number of ether oxygens (including phenoxy) is 1. The Morgan fingerprint density at radius 3 is 2.40 bits per heavy atom. The van der Waals surface area contributed by atoms with Gasteiger partial charge in [0.1, 0.15) is 0 Å². The molecule has 2 aliphatic rings. The van der Waals surface area contributed by atoms with Crippen molar-refractivity contribution in [3.05, 3.63) is 0 Å². The van der Waals surface area contributed by atoms with E-state index in [2.05, 4.69) is 10.1 Å². The number of halogens is 3. The average Bonchev–Trinajstić information content (AvgIpc) is 2.04. The normalized spacial score (nSPS) is 39.5. The first-order chi connectivity index (χ1) is 6.83. The fraction of sp³-hybridized carbons (Fsp3) is 0.875. The number of nitrogens with one attached hydrogen (secondary N) is 1. The Morgan fingerprint density at radius 1 is 1.47 bits per heavy atom. The summed E-state index contributed by atoms with van der Waals surface area (Å²) in [6.45, 7) is 0.486. The van der Waals surface area contributed by atoms with Gasteiger partial charge in [0.15, 0.2) is 6.23 Å². The average molecular weight is 225 g/mol. The van der Waals surface area contributed by atoms with Crippen molar-refractivity contribution in [1.29, 1.82) is 0 Å². The van der Waals surface area contributed by atoms with Gasteiger partial charge in [0, 0.05) is 12.0 Å². The van der Waals surface area contributed by atoms with Crippen LogP contribution in [0.1, 0.15) is 12.8 Å². The quantitative estimate of drug-likeness (QED) is 0.624. The summed E-state index contributed by atoms with van der Waals surface area (Å²) in [5, 5.41) is 11.7. The summed E-state index contributed by atoms with van der Waals surface area (Å²) >= 11 is 0. The lowest BCUT2D eigenvalue weighted by Gasteiger charge is -2.56. The Kier molecular flexibility index (Phi) is 2.20. The zero-order valence-corrected chi connectivity index (χ0v) is 7.67. The molecule has 7 heteroatoms. The highest BCUT2D eigenvalue weighted by molar-refractivity contribution is 5.75. The van der Waals surface area contributed by atoms with Gasteiger partial charge in [-0.3, -0.25) is 5.32 Å². The van der Waals surface area contributed by atoms with Crippen LogP contribution in [0.4, 0.5) is 13.2 Å². The molecule has 2 fully saturated rings. The maximum atomic E-state index is 11.9. The number of aliphatic hydroxyl groups is 1. The van der Waals surface area contributed by atoms with E-state index in [9.17, 15) is 18.0 Å². The first-order valence-corrected chi connectivity index (χ1v) is 4.53. The van der Waals surface area contributed by atoms with Gasteiger partial charge in [-0.15, -0.1) is 0 Å². The van der Waals surface area contributed by atoms with Gasteiger partial charge < -0.3 is 9.84 Å². The highest BCUT2D eigenvalue weighted by atomic mass is 19.4. The molecule has 1 saturated carbocycles. The van der Waals surface area contributed by atoms with Gasteiger partial charge in [-0.25, -0.2) is 4.79 Å². The molecule has 0 radical (unpaired) electrons. The first kappa shape index (κ1) is 10.7. The molecule has 0 aromatic rings. The van der Waals surface area contributed by atoms with Crippen molar-refractivity contribution in [2.75, 3.05) is 6.54 Å². The Hall–Kier alpha value is -0.820. The van der Waals surface area contributed by atoms with Crippen molar-refractivity contribution in [3.8, 4) is 0 Å². The fourth-order valence-electron chi connectivity index (χ4n) is 2.05. The molecular formula is C8H10F3NO3. The molecule has 0 amide bonds. The predicted octanol–water partition coefficient (Wildman–Crippen LogP) is 0.162. The fourth-order valence-corrected chi connectivity index (χ4v) is 2.05. The van der Waals surface area contributed by atoms with Crippen LogP contribution in [-0.4, -0.2) is 36.1 Å². The second-order valence-corrected chi connectivity index (χ2v) is 4.09. The lowest BCUT2D eigenvalue weighted by Crippen LogP contribution is -2.70.